The van der Waals surface area contributed by atoms with Gasteiger partial charge < -0.3 is 24.9 Å². The molecule has 1 unspecified atom stereocenters. The lowest BCUT2D eigenvalue weighted by Gasteiger charge is -2.23. The molecule has 0 saturated heterocycles. The lowest BCUT2D eigenvalue weighted by atomic mass is 9.86. The Hall–Kier alpha value is -3.40. The molecule has 9 nitrogen and oxygen atoms in total. The maximum absolute atomic E-state index is 12.1. The third kappa shape index (κ3) is 7.55. The van der Waals surface area contributed by atoms with Crippen LogP contribution in [0.2, 0.25) is 0 Å². The molecule has 2 aromatic heterocycles. The number of nitrogens with zero attached hydrogens (tertiary/aromatic N) is 1. The number of carboxylic acid groups (broad SMARTS) is 1. The lowest BCUT2D eigenvalue weighted by Crippen LogP contribution is -2.44. The van der Waals surface area contributed by atoms with Crippen LogP contribution in [0.3, 0.4) is 0 Å². The van der Waals surface area contributed by atoms with Crippen molar-refractivity contribution in [3.63, 3.8) is 0 Å². The van der Waals surface area contributed by atoms with Gasteiger partial charge in [-0.1, -0.05) is 19.9 Å². The molecule has 0 fully saturated rings. The highest BCUT2D eigenvalue weighted by Crippen LogP contribution is 2.31. The maximum atomic E-state index is 12.1. The van der Waals surface area contributed by atoms with Crippen LogP contribution in [0.4, 0.5) is 4.79 Å². The van der Waals surface area contributed by atoms with E-state index >= 15 is 0 Å². The van der Waals surface area contributed by atoms with Crippen LogP contribution in [0.15, 0.2) is 29.8 Å². The zero-order chi connectivity index (χ0) is 26.7. The molecule has 0 spiro atoms. The third-order valence-electron chi connectivity index (χ3n) is 5.32. The molecule has 36 heavy (non-hydrogen) atoms. The van der Waals surface area contributed by atoms with Gasteiger partial charge in [0, 0.05) is 46.8 Å². The Morgan fingerprint density at radius 2 is 1.92 bits per heavy atom. The lowest BCUT2D eigenvalue weighted by molar-refractivity contribution is -0.144. The van der Waals surface area contributed by atoms with Crippen molar-refractivity contribution in [2.45, 2.75) is 66.0 Å². The van der Waals surface area contributed by atoms with E-state index in [1.807, 2.05) is 23.7 Å². The van der Waals surface area contributed by atoms with E-state index in [9.17, 15) is 19.5 Å². The van der Waals surface area contributed by atoms with Crippen molar-refractivity contribution >= 4 is 40.3 Å². The number of aromatic nitrogens is 2. The van der Waals surface area contributed by atoms with Gasteiger partial charge in [0.15, 0.2) is 0 Å². The molecule has 1 atom stereocenters. The van der Waals surface area contributed by atoms with Gasteiger partial charge in [-0.15, -0.1) is 11.3 Å². The van der Waals surface area contributed by atoms with E-state index < -0.39 is 23.7 Å². The van der Waals surface area contributed by atoms with E-state index in [4.69, 9.17) is 9.47 Å². The molecule has 2 heterocycles. The van der Waals surface area contributed by atoms with Crippen molar-refractivity contribution in [3.05, 3.63) is 40.3 Å². The zero-order valence-corrected chi connectivity index (χ0v) is 22.2. The highest BCUT2D eigenvalue weighted by molar-refractivity contribution is 7.10. The summed E-state index contributed by atoms with van der Waals surface area (Å²) in [6.07, 6.45) is 1.94. The summed E-state index contributed by atoms with van der Waals surface area (Å²) in [4.78, 5) is 42.9. The Bertz CT molecular complexity index is 1250. The first kappa shape index (κ1) is 27.2. The second kappa shape index (κ2) is 10.7. The molecule has 0 radical (unpaired) electrons. The molecule has 0 bridgehead atoms. The summed E-state index contributed by atoms with van der Waals surface area (Å²) in [6.45, 7) is 11.0. The second-order valence-electron chi connectivity index (χ2n) is 10.6. The predicted octanol–water partition coefficient (Wildman–Crippen LogP) is 4.94. The molecule has 3 N–H and O–H groups in total. The number of benzene rings is 1. The largest absolute Gasteiger partial charge is 0.480 e. The first-order valence-corrected chi connectivity index (χ1v) is 12.5. The Morgan fingerprint density at radius 3 is 2.56 bits per heavy atom. The van der Waals surface area contributed by atoms with E-state index in [1.54, 1.807) is 20.8 Å². The summed E-state index contributed by atoms with van der Waals surface area (Å²) < 4.78 is 10.4. The first-order valence-electron chi connectivity index (χ1n) is 11.6. The molecule has 3 aromatic rings. The van der Waals surface area contributed by atoms with Crippen molar-refractivity contribution in [1.29, 1.82) is 0 Å². The van der Waals surface area contributed by atoms with Crippen molar-refractivity contribution in [2.24, 2.45) is 5.41 Å². The van der Waals surface area contributed by atoms with Gasteiger partial charge in [0.2, 0.25) is 0 Å². The molecule has 0 aliphatic rings. The van der Waals surface area contributed by atoms with Gasteiger partial charge >= 0.3 is 18.0 Å². The van der Waals surface area contributed by atoms with Crippen LogP contribution in [-0.4, -0.2) is 51.4 Å². The fourth-order valence-electron chi connectivity index (χ4n) is 3.71. The van der Waals surface area contributed by atoms with E-state index in [0.717, 1.165) is 27.7 Å². The summed E-state index contributed by atoms with van der Waals surface area (Å²) in [5, 5.41) is 15.5. The van der Waals surface area contributed by atoms with Gasteiger partial charge in [0.05, 0.1) is 17.3 Å². The number of H-pyrrole nitrogens is 1. The number of aliphatic carboxylic acids is 1. The minimum atomic E-state index is -1.16. The van der Waals surface area contributed by atoms with Crippen LogP contribution >= 0.6 is 11.3 Å². The van der Waals surface area contributed by atoms with Crippen molar-refractivity contribution in [1.82, 2.24) is 15.3 Å². The monoisotopic (exact) mass is 515 g/mol. The number of ether oxygens (including phenoxy) is 2. The molecular formula is C26H33N3O6S. The van der Waals surface area contributed by atoms with E-state index in [-0.39, 0.29) is 17.8 Å². The Kier molecular flexibility index (Phi) is 8.08. The third-order valence-corrected chi connectivity index (χ3v) is 6.19. The standard InChI is InChI=1S/C26H33N3O6S/c1-15(30)34-14-26(5,6)11-17-12-27-19-8-7-16(9-18(17)19)21-13-36-22(28-21)10-20(23(31)32)29-24(33)35-25(2,3)4/h7-9,12-13,20,27H,10-11,14H2,1-6H3,(H,29,33)(H,31,32). The number of aromatic amines is 1. The fraction of sp³-hybridized carbons (Fsp3) is 0.462. The predicted molar refractivity (Wildman–Crippen MR) is 138 cm³/mol. The number of hydrogen-bond acceptors (Lipinski definition) is 7. The second-order valence-corrected chi connectivity index (χ2v) is 11.5. The maximum Gasteiger partial charge on any atom is 0.408 e. The number of amides is 1. The molecule has 0 saturated carbocycles. The fourth-order valence-corrected chi connectivity index (χ4v) is 4.56. The van der Waals surface area contributed by atoms with Gasteiger partial charge in [-0.25, -0.2) is 14.6 Å². The number of esters is 1. The quantitative estimate of drug-likeness (QED) is 0.344. The number of fused-ring (bicyclic) bond motifs is 1. The molecule has 1 aromatic carbocycles. The van der Waals surface area contributed by atoms with Gasteiger partial charge in [-0.05, 0) is 44.9 Å². The summed E-state index contributed by atoms with van der Waals surface area (Å²) in [5.74, 6) is -1.46. The van der Waals surface area contributed by atoms with Crippen LogP contribution in [-0.2, 0) is 31.9 Å². The van der Waals surface area contributed by atoms with E-state index in [1.165, 1.54) is 18.3 Å². The zero-order valence-electron chi connectivity index (χ0n) is 21.4. The number of carboxylic acids is 1. The van der Waals surface area contributed by atoms with Gasteiger partial charge in [-0.2, -0.15) is 0 Å². The van der Waals surface area contributed by atoms with Gasteiger partial charge in [-0.3, -0.25) is 4.79 Å². The summed E-state index contributed by atoms with van der Waals surface area (Å²) in [5.41, 5.74) is 2.75. The van der Waals surface area contributed by atoms with Crippen LogP contribution in [0.5, 0.6) is 0 Å². The number of carbonyl (C=O) groups excluding carboxylic acids is 2. The number of carbonyl (C=O) groups is 3. The Labute approximate surface area is 214 Å². The summed E-state index contributed by atoms with van der Waals surface area (Å²) in [6, 6.07) is 4.84. The van der Waals surface area contributed by atoms with Gasteiger partial charge in [0.1, 0.15) is 11.6 Å². The SMILES string of the molecule is CC(=O)OCC(C)(C)Cc1c[nH]c2ccc(-c3csc(CC(NC(=O)OC(C)(C)C)C(=O)O)n3)cc12. The van der Waals surface area contributed by atoms with E-state index in [0.29, 0.717) is 18.0 Å². The summed E-state index contributed by atoms with van der Waals surface area (Å²) in [7, 11) is 0. The molecule has 194 valence electrons. The van der Waals surface area contributed by atoms with Crippen LogP contribution in [0.25, 0.3) is 22.2 Å². The number of hydrogen-bond donors (Lipinski definition) is 3. The number of nitrogens with one attached hydrogen (secondary N) is 2. The number of alkyl carbamates (subject to hydrolysis) is 1. The van der Waals surface area contributed by atoms with Crippen LogP contribution in [0.1, 0.15) is 52.1 Å². The molecule has 0 aliphatic carbocycles. The molecular weight excluding hydrogens is 482 g/mol. The van der Waals surface area contributed by atoms with Gasteiger partial charge in [0.25, 0.3) is 0 Å². The molecule has 1 amide bonds. The highest BCUT2D eigenvalue weighted by atomic mass is 32.1. The Balaban J connectivity index is 1.77. The number of thiazole rings is 1. The number of rotatable bonds is 9. The van der Waals surface area contributed by atoms with Crippen LogP contribution in [0, 0.1) is 5.41 Å². The first-order chi connectivity index (χ1) is 16.7. The molecule has 3 rings (SSSR count). The van der Waals surface area contributed by atoms with Crippen molar-refractivity contribution in [3.8, 4) is 11.3 Å². The topological polar surface area (TPSA) is 131 Å². The molecule has 0 aliphatic heterocycles. The smallest absolute Gasteiger partial charge is 0.408 e. The highest BCUT2D eigenvalue weighted by Gasteiger charge is 2.26. The molecule has 10 heteroatoms. The average molecular weight is 516 g/mol. The minimum absolute atomic E-state index is 0.0429. The van der Waals surface area contributed by atoms with Crippen LogP contribution < -0.4 is 5.32 Å². The normalized spacial score (nSPS) is 12.8. The van der Waals surface area contributed by atoms with E-state index in [2.05, 4.69) is 35.2 Å². The average Bonchev–Trinajstić information content (AvgIpc) is 3.37. The van der Waals surface area contributed by atoms with Crippen molar-refractivity contribution < 1.29 is 29.0 Å². The van der Waals surface area contributed by atoms with Crippen molar-refractivity contribution in [2.75, 3.05) is 6.61 Å². The summed E-state index contributed by atoms with van der Waals surface area (Å²) >= 11 is 1.34. The minimum Gasteiger partial charge on any atom is -0.480 e. The Morgan fingerprint density at radius 1 is 1.19 bits per heavy atom.